The van der Waals surface area contributed by atoms with Gasteiger partial charge in [0.05, 0.1) is 11.4 Å². The van der Waals surface area contributed by atoms with Crippen LogP contribution in [0.3, 0.4) is 0 Å². The predicted octanol–water partition coefficient (Wildman–Crippen LogP) is 14.4. The van der Waals surface area contributed by atoms with Crippen molar-refractivity contribution in [2.24, 2.45) is 0 Å². The Morgan fingerprint density at radius 3 is 1.75 bits per heavy atom. The average Bonchev–Trinajstić information content (AvgIpc) is 3.61. The lowest BCUT2D eigenvalue weighted by atomic mass is 9.90. The smallest absolute Gasteiger partial charge is 0.143 e. The van der Waals surface area contributed by atoms with E-state index in [4.69, 9.17) is 4.42 Å². The van der Waals surface area contributed by atoms with Gasteiger partial charge in [0.25, 0.3) is 0 Å². The molecule has 1 aromatic heterocycles. The number of hydrogen-bond donors (Lipinski definition) is 0. The second kappa shape index (κ2) is 12.5. The molecule has 9 aromatic carbocycles. The third kappa shape index (κ3) is 4.96. The SMILES string of the molecule is c1ccc(-c2cccc3cccc(-c4ccccc4N(c4ccc(-c5cccc6c5oc5ccccc56)cc4)c4cccc5ccccc45)c23)cc1. The van der Waals surface area contributed by atoms with E-state index in [1.165, 1.54) is 43.8 Å². The van der Waals surface area contributed by atoms with Crippen LogP contribution in [0.2, 0.25) is 0 Å². The molecule has 52 heavy (non-hydrogen) atoms. The molecule has 0 aliphatic rings. The van der Waals surface area contributed by atoms with Gasteiger partial charge in [0.1, 0.15) is 11.2 Å². The van der Waals surface area contributed by atoms with Gasteiger partial charge in [0, 0.05) is 33.0 Å². The van der Waals surface area contributed by atoms with E-state index in [-0.39, 0.29) is 0 Å². The predicted molar refractivity (Wildman–Crippen MR) is 220 cm³/mol. The van der Waals surface area contributed by atoms with Gasteiger partial charge in [-0.05, 0) is 68.7 Å². The minimum absolute atomic E-state index is 0.907. The summed E-state index contributed by atoms with van der Waals surface area (Å²) in [5, 5.41) is 7.13. The van der Waals surface area contributed by atoms with Crippen molar-refractivity contribution in [2.45, 2.75) is 0 Å². The largest absolute Gasteiger partial charge is 0.455 e. The van der Waals surface area contributed by atoms with Crippen LogP contribution in [0.15, 0.2) is 205 Å². The van der Waals surface area contributed by atoms with Crippen LogP contribution >= 0.6 is 0 Å². The van der Waals surface area contributed by atoms with Crippen molar-refractivity contribution in [3.05, 3.63) is 200 Å². The van der Waals surface area contributed by atoms with E-state index in [2.05, 4.69) is 193 Å². The summed E-state index contributed by atoms with van der Waals surface area (Å²) in [6.07, 6.45) is 0. The topological polar surface area (TPSA) is 16.4 Å². The van der Waals surface area contributed by atoms with Crippen molar-refractivity contribution < 1.29 is 4.42 Å². The molecule has 0 saturated carbocycles. The molecule has 0 spiro atoms. The summed E-state index contributed by atoms with van der Waals surface area (Å²) in [6.45, 7) is 0. The Kier molecular flexibility index (Phi) is 7.18. The molecular formula is C50H33NO. The fourth-order valence-corrected chi connectivity index (χ4v) is 7.90. The van der Waals surface area contributed by atoms with E-state index < -0.39 is 0 Å². The van der Waals surface area contributed by atoms with Crippen molar-refractivity contribution in [2.75, 3.05) is 4.90 Å². The summed E-state index contributed by atoms with van der Waals surface area (Å²) in [4.78, 5) is 2.42. The van der Waals surface area contributed by atoms with Gasteiger partial charge in [-0.15, -0.1) is 0 Å². The first kappa shape index (κ1) is 30.0. The van der Waals surface area contributed by atoms with Gasteiger partial charge in [-0.2, -0.15) is 0 Å². The lowest BCUT2D eigenvalue weighted by Crippen LogP contribution is -2.11. The minimum Gasteiger partial charge on any atom is -0.455 e. The molecule has 0 fully saturated rings. The number of para-hydroxylation sites is 3. The maximum absolute atomic E-state index is 6.43. The zero-order valence-corrected chi connectivity index (χ0v) is 28.4. The fraction of sp³-hybridized carbons (Fsp3) is 0. The van der Waals surface area contributed by atoms with Gasteiger partial charge in [0.15, 0.2) is 0 Å². The zero-order chi connectivity index (χ0) is 34.4. The number of benzene rings is 9. The molecule has 0 aliphatic carbocycles. The molecule has 0 amide bonds. The van der Waals surface area contributed by atoms with E-state index in [1.807, 2.05) is 12.1 Å². The molecule has 0 radical (unpaired) electrons. The molecule has 2 nitrogen and oxygen atoms in total. The van der Waals surface area contributed by atoms with Crippen LogP contribution in [-0.2, 0) is 0 Å². The molecule has 0 bridgehead atoms. The van der Waals surface area contributed by atoms with Gasteiger partial charge < -0.3 is 9.32 Å². The van der Waals surface area contributed by atoms with E-state index in [1.54, 1.807) is 0 Å². The van der Waals surface area contributed by atoms with Gasteiger partial charge in [-0.1, -0.05) is 170 Å². The number of anilines is 3. The number of hydrogen-bond acceptors (Lipinski definition) is 2. The van der Waals surface area contributed by atoms with Crippen LogP contribution in [0.4, 0.5) is 17.1 Å². The molecule has 0 unspecified atom stereocenters. The molecule has 0 saturated heterocycles. The summed E-state index contributed by atoms with van der Waals surface area (Å²) in [5.41, 5.74) is 12.1. The highest BCUT2D eigenvalue weighted by Crippen LogP contribution is 2.46. The molecular weight excluding hydrogens is 631 g/mol. The minimum atomic E-state index is 0.907. The van der Waals surface area contributed by atoms with E-state index in [0.29, 0.717) is 0 Å². The highest BCUT2D eigenvalue weighted by molar-refractivity contribution is 6.11. The molecule has 10 rings (SSSR count). The lowest BCUT2D eigenvalue weighted by molar-refractivity contribution is 0.670. The van der Waals surface area contributed by atoms with Crippen LogP contribution in [0.25, 0.3) is 76.9 Å². The lowest BCUT2D eigenvalue weighted by Gasteiger charge is -2.29. The number of rotatable bonds is 6. The standard InChI is InChI=1S/C50H33NO/c1-2-14-35(15-3-1)40-23-10-18-37-19-11-25-44(49(37)40)42-21-6-8-27-47(42)51(46-28-12-17-34-16-4-5-20-39(34)46)38-32-30-36(31-33-38)41-24-13-26-45-43-22-7-9-29-48(43)52-50(41)45/h1-33H. The maximum Gasteiger partial charge on any atom is 0.143 e. The molecule has 10 aromatic rings. The quantitative estimate of drug-likeness (QED) is 0.176. The maximum atomic E-state index is 6.43. The molecule has 0 N–H and O–H groups in total. The average molecular weight is 664 g/mol. The van der Waals surface area contributed by atoms with E-state index >= 15 is 0 Å². The Labute approximate surface area is 302 Å². The van der Waals surface area contributed by atoms with Crippen LogP contribution in [0, 0.1) is 0 Å². The van der Waals surface area contributed by atoms with Gasteiger partial charge in [-0.25, -0.2) is 0 Å². The summed E-state index contributed by atoms with van der Waals surface area (Å²) in [6, 6.07) is 71.7. The Hall–Kier alpha value is -6.90. The first-order valence-corrected chi connectivity index (χ1v) is 17.8. The van der Waals surface area contributed by atoms with Crippen molar-refractivity contribution in [3.63, 3.8) is 0 Å². The number of fused-ring (bicyclic) bond motifs is 5. The first-order valence-electron chi connectivity index (χ1n) is 17.8. The third-order valence-corrected chi connectivity index (χ3v) is 10.3. The molecule has 0 atom stereocenters. The van der Waals surface area contributed by atoms with Crippen LogP contribution in [0.1, 0.15) is 0 Å². The Morgan fingerprint density at radius 1 is 0.327 bits per heavy atom. The number of nitrogens with zero attached hydrogens (tertiary/aromatic N) is 1. The van der Waals surface area contributed by atoms with Crippen molar-refractivity contribution in [1.29, 1.82) is 0 Å². The molecule has 0 aliphatic heterocycles. The van der Waals surface area contributed by atoms with Crippen LogP contribution in [0.5, 0.6) is 0 Å². The van der Waals surface area contributed by atoms with Crippen LogP contribution < -0.4 is 4.90 Å². The van der Waals surface area contributed by atoms with Gasteiger partial charge in [0.2, 0.25) is 0 Å². The summed E-state index contributed by atoms with van der Waals surface area (Å²) < 4.78 is 6.43. The molecule has 2 heteroatoms. The van der Waals surface area contributed by atoms with Crippen molar-refractivity contribution in [3.8, 4) is 33.4 Å². The Bertz CT molecular complexity index is 2890. The van der Waals surface area contributed by atoms with Crippen molar-refractivity contribution >= 4 is 60.5 Å². The van der Waals surface area contributed by atoms with E-state index in [0.717, 1.165) is 50.1 Å². The van der Waals surface area contributed by atoms with Gasteiger partial charge in [-0.3, -0.25) is 0 Å². The van der Waals surface area contributed by atoms with Gasteiger partial charge >= 0.3 is 0 Å². The van der Waals surface area contributed by atoms with E-state index in [9.17, 15) is 0 Å². The summed E-state index contributed by atoms with van der Waals surface area (Å²) in [5.74, 6) is 0. The second-order valence-electron chi connectivity index (χ2n) is 13.3. The zero-order valence-electron chi connectivity index (χ0n) is 28.4. The van der Waals surface area contributed by atoms with Crippen LogP contribution in [-0.4, -0.2) is 0 Å². The normalized spacial score (nSPS) is 11.5. The second-order valence-corrected chi connectivity index (χ2v) is 13.3. The molecule has 244 valence electrons. The van der Waals surface area contributed by atoms with Crippen molar-refractivity contribution in [1.82, 2.24) is 0 Å². The Morgan fingerprint density at radius 2 is 0.885 bits per heavy atom. The monoisotopic (exact) mass is 663 g/mol. The number of furan rings is 1. The fourth-order valence-electron chi connectivity index (χ4n) is 7.90. The highest BCUT2D eigenvalue weighted by Gasteiger charge is 2.21. The summed E-state index contributed by atoms with van der Waals surface area (Å²) >= 11 is 0. The third-order valence-electron chi connectivity index (χ3n) is 10.3. The molecule has 1 heterocycles. The first-order chi connectivity index (χ1) is 25.8. The summed E-state index contributed by atoms with van der Waals surface area (Å²) in [7, 11) is 0. The highest BCUT2D eigenvalue weighted by atomic mass is 16.3. The Balaban J connectivity index is 1.19.